The molecule has 0 aliphatic heterocycles. The van der Waals surface area contributed by atoms with Gasteiger partial charge in [0.1, 0.15) is 12.4 Å². The number of likely N-dealkylation sites (N-methyl/N-ethyl adjacent to an activating group) is 1. The minimum atomic E-state index is -0.439. The fourth-order valence-corrected chi connectivity index (χ4v) is 3.36. The molecular formula is C26H28ClNO. The van der Waals surface area contributed by atoms with E-state index in [0.717, 1.165) is 19.6 Å². The van der Waals surface area contributed by atoms with Gasteiger partial charge < -0.3 is 9.64 Å². The first kappa shape index (κ1) is 15.3. The first-order chi connectivity index (χ1) is 16.3. The van der Waals surface area contributed by atoms with E-state index in [-0.39, 0.29) is 17.6 Å². The Hall–Kier alpha value is -2.55. The molecule has 0 aliphatic rings. The molecule has 0 saturated carbocycles. The molecule has 0 unspecified atom stereocenters. The predicted molar refractivity (Wildman–Crippen MR) is 124 cm³/mol. The summed E-state index contributed by atoms with van der Waals surface area (Å²) in [5, 5.41) is 0.300. The molecule has 0 atom stereocenters. The van der Waals surface area contributed by atoms with Crippen molar-refractivity contribution in [3.63, 3.8) is 0 Å². The highest BCUT2D eigenvalue weighted by Crippen LogP contribution is 2.35. The van der Waals surface area contributed by atoms with Crippen molar-refractivity contribution >= 4 is 22.2 Å². The Bertz CT molecular complexity index is 1130. The third kappa shape index (κ3) is 5.72. The van der Waals surface area contributed by atoms with Crippen molar-refractivity contribution < 1.29 is 11.6 Å². The zero-order valence-corrected chi connectivity index (χ0v) is 17.5. The van der Waals surface area contributed by atoms with Crippen molar-refractivity contribution in [3.05, 3.63) is 101 Å². The minimum Gasteiger partial charge on any atom is -0.492 e. The predicted octanol–water partition coefficient (Wildman–Crippen LogP) is 6.56. The van der Waals surface area contributed by atoms with Crippen LogP contribution in [0.4, 0.5) is 0 Å². The molecule has 0 radical (unpaired) electrons. The molecule has 3 heteroatoms. The zero-order chi connectivity index (χ0) is 24.8. The number of rotatable bonds is 9. The first-order valence-corrected chi connectivity index (χ1v) is 10.2. The van der Waals surface area contributed by atoms with Crippen LogP contribution in [0.5, 0.6) is 5.75 Å². The molecule has 0 spiro atoms. The molecule has 2 nitrogen and oxygen atoms in total. The number of hydrogen-bond donors (Lipinski definition) is 0. The van der Waals surface area contributed by atoms with Crippen LogP contribution in [-0.4, -0.2) is 31.1 Å². The van der Waals surface area contributed by atoms with Crippen LogP contribution in [0.1, 0.15) is 37.4 Å². The van der Waals surface area contributed by atoms with Gasteiger partial charge in [0.2, 0.25) is 0 Å². The van der Waals surface area contributed by atoms with Crippen LogP contribution in [0.2, 0.25) is 0 Å². The molecule has 29 heavy (non-hydrogen) atoms. The summed E-state index contributed by atoms with van der Waals surface area (Å²) in [6.07, 6.45) is 0. The number of hydrogen-bond acceptors (Lipinski definition) is 2. The van der Waals surface area contributed by atoms with E-state index < -0.39 is 18.1 Å². The van der Waals surface area contributed by atoms with Gasteiger partial charge >= 0.3 is 0 Å². The maximum Gasteiger partial charge on any atom is 0.119 e. The van der Waals surface area contributed by atoms with Gasteiger partial charge in [-0.2, -0.15) is 0 Å². The molecule has 0 bridgehead atoms. The molecule has 150 valence electrons. The fourth-order valence-electron chi connectivity index (χ4n) is 3.03. The molecule has 3 rings (SSSR count). The first-order valence-electron chi connectivity index (χ1n) is 12.3. The highest BCUT2D eigenvalue weighted by Gasteiger charge is 2.12. The summed E-state index contributed by atoms with van der Waals surface area (Å²) in [6.45, 7) is 7.52. The van der Waals surface area contributed by atoms with Gasteiger partial charge in [-0.15, -0.1) is 0 Å². The molecule has 0 fully saturated rings. The van der Waals surface area contributed by atoms with E-state index in [1.165, 1.54) is 0 Å². The van der Waals surface area contributed by atoms with Crippen molar-refractivity contribution in [2.45, 2.75) is 13.8 Å². The smallest absolute Gasteiger partial charge is 0.119 e. The summed E-state index contributed by atoms with van der Waals surface area (Å²) in [7, 11) is 0. The lowest BCUT2D eigenvalue weighted by molar-refractivity contribution is 0.223. The van der Waals surface area contributed by atoms with Gasteiger partial charge in [-0.05, 0) is 41.9 Å². The normalized spacial score (nSPS) is 14.4. The van der Waals surface area contributed by atoms with E-state index in [9.17, 15) is 0 Å². The molecule has 0 aliphatic carbocycles. The van der Waals surface area contributed by atoms with Gasteiger partial charge in [0.15, 0.2) is 0 Å². The summed E-state index contributed by atoms with van der Waals surface area (Å²) >= 11 is 6.83. The number of halogens is 1. The van der Waals surface area contributed by atoms with Crippen molar-refractivity contribution in [2.24, 2.45) is 0 Å². The minimum absolute atomic E-state index is 0.0649. The SMILES string of the molecule is [2H]c1c([2H])c([2H])c(C(=C(Cl)c2ccccc2)c2ccc(OCCN(CC)CC)cc2)c([2H])c1[2H]. The average Bonchev–Trinajstić information content (AvgIpc) is 2.87. The second kappa shape index (κ2) is 10.8. The van der Waals surface area contributed by atoms with Crippen LogP contribution in [-0.2, 0) is 0 Å². The van der Waals surface area contributed by atoms with Crippen molar-refractivity contribution in [2.75, 3.05) is 26.2 Å². The topological polar surface area (TPSA) is 12.5 Å². The highest BCUT2D eigenvalue weighted by atomic mass is 35.5. The molecule has 0 heterocycles. The summed E-state index contributed by atoms with van der Waals surface area (Å²) in [5.41, 5.74) is 1.75. The maximum atomic E-state index is 8.49. The fraction of sp³-hybridized carbons (Fsp3) is 0.231. The van der Waals surface area contributed by atoms with Gasteiger partial charge in [-0.3, -0.25) is 0 Å². The van der Waals surface area contributed by atoms with Crippen molar-refractivity contribution in [1.82, 2.24) is 4.90 Å². The van der Waals surface area contributed by atoms with Crippen LogP contribution in [0.25, 0.3) is 10.6 Å². The van der Waals surface area contributed by atoms with Crippen LogP contribution >= 0.6 is 11.6 Å². The maximum absolute atomic E-state index is 8.49. The molecule has 0 saturated heterocycles. The summed E-state index contributed by atoms with van der Waals surface area (Å²) in [6, 6.07) is 14.6. The zero-order valence-electron chi connectivity index (χ0n) is 21.8. The monoisotopic (exact) mass is 410 g/mol. The van der Waals surface area contributed by atoms with Crippen LogP contribution in [0, 0.1) is 0 Å². The third-order valence-electron chi connectivity index (χ3n) is 4.71. The Kier molecular flexibility index (Phi) is 5.73. The number of nitrogens with zero attached hydrogens (tertiary/aromatic N) is 1. The van der Waals surface area contributed by atoms with Gasteiger partial charge in [0.05, 0.1) is 11.9 Å². The van der Waals surface area contributed by atoms with E-state index in [1.54, 1.807) is 12.1 Å². The van der Waals surface area contributed by atoms with Gasteiger partial charge in [-0.1, -0.05) is 98.1 Å². The van der Waals surface area contributed by atoms with Crippen molar-refractivity contribution in [3.8, 4) is 5.75 Å². The van der Waals surface area contributed by atoms with Gasteiger partial charge in [0.25, 0.3) is 0 Å². The summed E-state index contributed by atoms with van der Waals surface area (Å²) < 4.78 is 47.0. The Balaban J connectivity index is 2.08. The van der Waals surface area contributed by atoms with E-state index >= 15 is 0 Å². The molecule has 0 aromatic heterocycles. The highest BCUT2D eigenvalue weighted by molar-refractivity contribution is 6.53. The standard InChI is InChI=1S/C26H28ClNO/c1-3-28(4-2)19-20-29-24-17-15-22(16-18-24)25(21-11-7-5-8-12-21)26(27)23-13-9-6-10-14-23/h5-18H,3-4,19-20H2,1-2H3/i5D,7D,8D,11D,12D. The average molecular weight is 411 g/mol. The Morgan fingerprint density at radius 1 is 0.862 bits per heavy atom. The van der Waals surface area contributed by atoms with Gasteiger partial charge in [0, 0.05) is 12.1 Å². The Morgan fingerprint density at radius 3 is 2.14 bits per heavy atom. The molecule has 3 aromatic rings. The van der Waals surface area contributed by atoms with Crippen molar-refractivity contribution in [1.29, 1.82) is 0 Å². The number of ether oxygens (including phenoxy) is 1. The van der Waals surface area contributed by atoms with E-state index in [4.69, 9.17) is 23.2 Å². The molecule has 3 aromatic carbocycles. The second-order valence-corrected chi connectivity index (χ2v) is 6.83. The lowest BCUT2D eigenvalue weighted by Crippen LogP contribution is -2.27. The lowest BCUT2D eigenvalue weighted by atomic mass is 9.95. The summed E-state index contributed by atoms with van der Waals surface area (Å²) in [4.78, 5) is 2.27. The molecule has 0 N–H and O–H groups in total. The van der Waals surface area contributed by atoms with Crippen LogP contribution in [0.3, 0.4) is 0 Å². The van der Waals surface area contributed by atoms with E-state index in [1.807, 2.05) is 42.5 Å². The van der Waals surface area contributed by atoms with E-state index in [0.29, 0.717) is 34.1 Å². The summed E-state index contributed by atoms with van der Waals surface area (Å²) in [5.74, 6) is 0.687. The van der Waals surface area contributed by atoms with Crippen LogP contribution in [0.15, 0.2) is 84.8 Å². The number of benzene rings is 3. The van der Waals surface area contributed by atoms with Gasteiger partial charge in [-0.25, -0.2) is 0 Å². The van der Waals surface area contributed by atoms with Crippen LogP contribution < -0.4 is 4.74 Å². The van der Waals surface area contributed by atoms with E-state index in [2.05, 4.69) is 18.7 Å². The Labute approximate surface area is 186 Å². The third-order valence-corrected chi connectivity index (χ3v) is 5.12. The molecular weight excluding hydrogens is 378 g/mol. The Morgan fingerprint density at radius 2 is 1.52 bits per heavy atom. The largest absolute Gasteiger partial charge is 0.492 e. The quantitative estimate of drug-likeness (QED) is 0.370. The second-order valence-electron chi connectivity index (χ2n) is 6.45. The lowest BCUT2D eigenvalue weighted by Gasteiger charge is -2.18. The molecule has 0 amide bonds.